The monoisotopic (exact) mass is 238 g/mol. The molecule has 2 aromatic rings. The van der Waals surface area contributed by atoms with Crippen LogP contribution in [0.25, 0.3) is 5.65 Å². The SMILES string of the molecule is CCS(=O)CCNc1ccn2nccc2n1. The number of anilines is 1. The lowest BCUT2D eigenvalue weighted by atomic mass is 10.5. The molecule has 1 atom stereocenters. The molecule has 0 aliphatic rings. The lowest BCUT2D eigenvalue weighted by Crippen LogP contribution is -2.12. The topological polar surface area (TPSA) is 59.3 Å². The normalized spacial score (nSPS) is 12.8. The van der Waals surface area contributed by atoms with Gasteiger partial charge in [-0.25, -0.2) is 9.50 Å². The third kappa shape index (κ3) is 2.57. The summed E-state index contributed by atoms with van der Waals surface area (Å²) in [6.45, 7) is 2.60. The van der Waals surface area contributed by atoms with Crippen LogP contribution in [0.2, 0.25) is 0 Å². The third-order valence-corrected chi connectivity index (χ3v) is 3.52. The quantitative estimate of drug-likeness (QED) is 0.841. The van der Waals surface area contributed by atoms with Gasteiger partial charge in [-0.15, -0.1) is 0 Å². The Kier molecular flexibility index (Phi) is 3.51. The highest BCUT2D eigenvalue weighted by molar-refractivity contribution is 7.84. The van der Waals surface area contributed by atoms with Crippen LogP contribution in [-0.2, 0) is 10.8 Å². The fourth-order valence-corrected chi connectivity index (χ4v) is 1.97. The maximum atomic E-state index is 11.2. The Balaban J connectivity index is 1.96. The molecule has 0 aliphatic carbocycles. The molecule has 2 rings (SSSR count). The number of rotatable bonds is 5. The van der Waals surface area contributed by atoms with Crippen LogP contribution >= 0.6 is 0 Å². The molecule has 0 saturated heterocycles. The van der Waals surface area contributed by atoms with Gasteiger partial charge in [0.25, 0.3) is 0 Å². The van der Waals surface area contributed by atoms with Gasteiger partial charge in [0.1, 0.15) is 5.82 Å². The Morgan fingerprint density at radius 2 is 2.38 bits per heavy atom. The summed E-state index contributed by atoms with van der Waals surface area (Å²) in [5.41, 5.74) is 0.807. The van der Waals surface area contributed by atoms with E-state index in [2.05, 4.69) is 15.4 Å². The molecule has 2 heterocycles. The summed E-state index contributed by atoms with van der Waals surface area (Å²) in [6.07, 6.45) is 3.56. The van der Waals surface area contributed by atoms with Crippen LogP contribution in [0.5, 0.6) is 0 Å². The molecular weight excluding hydrogens is 224 g/mol. The van der Waals surface area contributed by atoms with E-state index in [1.807, 2.05) is 25.3 Å². The van der Waals surface area contributed by atoms with E-state index in [1.165, 1.54) is 0 Å². The number of nitrogens with one attached hydrogen (secondary N) is 1. The maximum absolute atomic E-state index is 11.2. The summed E-state index contributed by atoms with van der Waals surface area (Å²) >= 11 is 0. The van der Waals surface area contributed by atoms with E-state index >= 15 is 0 Å². The van der Waals surface area contributed by atoms with Gasteiger partial charge in [0, 0.05) is 41.1 Å². The van der Waals surface area contributed by atoms with E-state index in [1.54, 1.807) is 10.7 Å². The van der Waals surface area contributed by atoms with Crippen LogP contribution in [0.1, 0.15) is 6.92 Å². The van der Waals surface area contributed by atoms with Crippen molar-refractivity contribution >= 4 is 22.3 Å². The molecule has 1 N–H and O–H groups in total. The standard InChI is InChI=1S/C10H14N4OS/c1-2-16(15)8-6-11-9-4-7-14-10(13-9)3-5-12-14/h3-5,7H,2,6,8H2,1H3,(H,11,13). The molecule has 0 aromatic carbocycles. The smallest absolute Gasteiger partial charge is 0.157 e. The van der Waals surface area contributed by atoms with E-state index in [0.717, 1.165) is 11.5 Å². The molecule has 5 nitrogen and oxygen atoms in total. The molecule has 0 bridgehead atoms. The predicted molar refractivity (Wildman–Crippen MR) is 65.0 cm³/mol. The van der Waals surface area contributed by atoms with E-state index in [0.29, 0.717) is 18.1 Å². The molecule has 16 heavy (non-hydrogen) atoms. The summed E-state index contributed by atoms with van der Waals surface area (Å²) in [5.74, 6) is 2.15. The van der Waals surface area contributed by atoms with Gasteiger partial charge in [-0.2, -0.15) is 5.10 Å². The second-order valence-corrected chi connectivity index (χ2v) is 5.17. The minimum atomic E-state index is -0.728. The van der Waals surface area contributed by atoms with Crippen LogP contribution in [0, 0.1) is 0 Å². The van der Waals surface area contributed by atoms with Crippen molar-refractivity contribution in [1.82, 2.24) is 14.6 Å². The zero-order valence-corrected chi connectivity index (χ0v) is 9.91. The molecule has 0 radical (unpaired) electrons. The van der Waals surface area contributed by atoms with Crippen molar-refractivity contribution in [2.45, 2.75) is 6.92 Å². The largest absolute Gasteiger partial charge is 0.369 e. The first-order chi connectivity index (χ1) is 7.79. The predicted octanol–water partition coefficient (Wildman–Crippen LogP) is 0.910. The second kappa shape index (κ2) is 5.07. The Hall–Kier alpha value is -1.43. The van der Waals surface area contributed by atoms with Crippen molar-refractivity contribution in [3.63, 3.8) is 0 Å². The highest BCUT2D eigenvalue weighted by atomic mass is 32.2. The number of fused-ring (bicyclic) bond motifs is 1. The first-order valence-electron chi connectivity index (χ1n) is 5.19. The molecule has 86 valence electrons. The summed E-state index contributed by atoms with van der Waals surface area (Å²) in [4.78, 5) is 4.35. The van der Waals surface area contributed by atoms with Gasteiger partial charge in [0.15, 0.2) is 5.65 Å². The van der Waals surface area contributed by atoms with E-state index in [4.69, 9.17) is 0 Å². The van der Waals surface area contributed by atoms with Gasteiger partial charge >= 0.3 is 0 Å². The van der Waals surface area contributed by atoms with Gasteiger partial charge in [-0.3, -0.25) is 4.21 Å². The first kappa shape index (κ1) is 11.1. The average Bonchev–Trinajstić information content (AvgIpc) is 2.76. The van der Waals surface area contributed by atoms with Crippen LogP contribution in [0.4, 0.5) is 5.82 Å². The lowest BCUT2D eigenvalue weighted by Gasteiger charge is -2.04. The minimum absolute atomic E-state index is 0.655. The fourth-order valence-electron chi connectivity index (χ4n) is 1.35. The van der Waals surface area contributed by atoms with Crippen LogP contribution in [0.3, 0.4) is 0 Å². The van der Waals surface area contributed by atoms with Crippen molar-refractivity contribution in [3.05, 3.63) is 24.5 Å². The molecule has 0 fully saturated rings. The molecular formula is C10H14N4OS. The highest BCUT2D eigenvalue weighted by Gasteiger charge is 1.99. The zero-order valence-electron chi connectivity index (χ0n) is 9.09. The Bertz CT molecular complexity index is 496. The number of aromatic nitrogens is 3. The van der Waals surface area contributed by atoms with Gasteiger partial charge < -0.3 is 5.32 Å². The average molecular weight is 238 g/mol. The molecule has 0 amide bonds. The first-order valence-corrected chi connectivity index (χ1v) is 6.67. The minimum Gasteiger partial charge on any atom is -0.369 e. The van der Waals surface area contributed by atoms with E-state index in [-0.39, 0.29) is 0 Å². The maximum Gasteiger partial charge on any atom is 0.157 e. The summed E-state index contributed by atoms with van der Waals surface area (Å²) < 4.78 is 12.9. The molecule has 0 aliphatic heterocycles. The van der Waals surface area contributed by atoms with Gasteiger partial charge in [0.2, 0.25) is 0 Å². The van der Waals surface area contributed by atoms with Crippen molar-refractivity contribution in [2.24, 2.45) is 0 Å². The second-order valence-electron chi connectivity index (χ2n) is 3.31. The fraction of sp³-hybridized carbons (Fsp3) is 0.400. The molecule has 0 saturated carbocycles. The molecule has 0 spiro atoms. The number of nitrogens with zero attached hydrogens (tertiary/aromatic N) is 3. The molecule has 2 aromatic heterocycles. The van der Waals surface area contributed by atoms with Crippen molar-refractivity contribution in [1.29, 1.82) is 0 Å². The zero-order chi connectivity index (χ0) is 11.4. The van der Waals surface area contributed by atoms with Gasteiger partial charge in [0.05, 0.1) is 6.20 Å². The Morgan fingerprint density at radius 3 is 3.19 bits per heavy atom. The van der Waals surface area contributed by atoms with E-state index < -0.39 is 10.8 Å². The van der Waals surface area contributed by atoms with Crippen molar-refractivity contribution in [2.75, 3.05) is 23.4 Å². The molecule has 1 unspecified atom stereocenters. The molecule has 6 heteroatoms. The van der Waals surface area contributed by atoms with Crippen LogP contribution in [0.15, 0.2) is 24.5 Å². The summed E-state index contributed by atoms with van der Waals surface area (Å²) in [6, 6.07) is 3.70. The summed E-state index contributed by atoms with van der Waals surface area (Å²) in [7, 11) is -0.728. The van der Waals surface area contributed by atoms with Crippen LogP contribution in [-0.4, -0.2) is 36.9 Å². The highest BCUT2D eigenvalue weighted by Crippen LogP contribution is 2.05. The Morgan fingerprint density at radius 1 is 1.50 bits per heavy atom. The van der Waals surface area contributed by atoms with Crippen LogP contribution < -0.4 is 5.32 Å². The van der Waals surface area contributed by atoms with Gasteiger partial charge in [-0.1, -0.05) is 6.92 Å². The number of hydrogen-bond donors (Lipinski definition) is 1. The van der Waals surface area contributed by atoms with E-state index in [9.17, 15) is 4.21 Å². The summed E-state index contributed by atoms with van der Waals surface area (Å²) in [5, 5.41) is 7.21. The lowest BCUT2D eigenvalue weighted by molar-refractivity contribution is 0.684. The number of hydrogen-bond acceptors (Lipinski definition) is 4. The van der Waals surface area contributed by atoms with Crippen molar-refractivity contribution in [3.8, 4) is 0 Å². The Labute approximate surface area is 96.3 Å². The third-order valence-electron chi connectivity index (χ3n) is 2.22. The van der Waals surface area contributed by atoms with Crippen molar-refractivity contribution < 1.29 is 4.21 Å². The van der Waals surface area contributed by atoms with Gasteiger partial charge in [-0.05, 0) is 6.07 Å².